The number of nitrogens with one attached hydrogen (secondary N) is 2. The van der Waals surface area contributed by atoms with Crippen LogP contribution < -0.4 is 10.6 Å². The van der Waals surface area contributed by atoms with Crippen LogP contribution in [0.15, 0.2) is 86.0 Å². The van der Waals surface area contributed by atoms with Gasteiger partial charge in [-0.1, -0.05) is 50.1 Å². The molecule has 0 unspecified atom stereocenters. The summed E-state index contributed by atoms with van der Waals surface area (Å²) in [6.45, 7) is 0. The molecular formula is C20H14Br2N2O3. The summed E-state index contributed by atoms with van der Waals surface area (Å²) in [6.07, 6.45) is 2.99. The van der Waals surface area contributed by atoms with Crippen LogP contribution in [-0.4, -0.2) is 11.8 Å². The van der Waals surface area contributed by atoms with Gasteiger partial charge in [0, 0.05) is 14.6 Å². The van der Waals surface area contributed by atoms with Crippen LogP contribution in [0.1, 0.15) is 16.1 Å². The Morgan fingerprint density at radius 2 is 1.67 bits per heavy atom. The Kier molecular flexibility index (Phi) is 6.26. The molecule has 27 heavy (non-hydrogen) atoms. The van der Waals surface area contributed by atoms with Crippen LogP contribution in [0, 0.1) is 0 Å². The van der Waals surface area contributed by atoms with Gasteiger partial charge in [0.15, 0.2) is 5.76 Å². The molecule has 0 aliphatic heterocycles. The van der Waals surface area contributed by atoms with Gasteiger partial charge in [-0.25, -0.2) is 0 Å². The van der Waals surface area contributed by atoms with E-state index >= 15 is 0 Å². The molecule has 1 aromatic heterocycles. The minimum absolute atomic E-state index is 0.0921. The molecule has 0 saturated carbocycles. The van der Waals surface area contributed by atoms with Crippen molar-refractivity contribution >= 4 is 55.4 Å². The topological polar surface area (TPSA) is 71.3 Å². The molecule has 3 aromatic rings. The molecule has 0 spiro atoms. The monoisotopic (exact) mass is 488 g/mol. The third-order valence-corrected chi connectivity index (χ3v) is 4.47. The molecular weight excluding hydrogens is 476 g/mol. The summed E-state index contributed by atoms with van der Waals surface area (Å²) in [6, 6.07) is 17.7. The van der Waals surface area contributed by atoms with E-state index in [1.807, 2.05) is 30.3 Å². The van der Waals surface area contributed by atoms with Gasteiger partial charge < -0.3 is 15.1 Å². The van der Waals surface area contributed by atoms with Crippen LogP contribution >= 0.6 is 31.9 Å². The second-order valence-electron chi connectivity index (χ2n) is 5.51. The first-order valence-corrected chi connectivity index (χ1v) is 9.49. The van der Waals surface area contributed by atoms with Crippen molar-refractivity contribution in [2.45, 2.75) is 0 Å². The summed E-state index contributed by atoms with van der Waals surface area (Å²) < 4.78 is 6.79. The summed E-state index contributed by atoms with van der Waals surface area (Å²) in [7, 11) is 0. The van der Waals surface area contributed by atoms with Gasteiger partial charge in [0.05, 0.1) is 6.26 Å². The second kappa shape index (κ2) is 8.83. The molecule has 0 aliphatic carbocycles. The maximum absolute atomic E-state index is 12.8. The molecule has 7 heteroatoms. The molecule has 1 heterocycles. The van der Waals surface area contributed by atoms with E-state index in [-0.39, 0.29) is 11.5 Å². The minimum Gasteiger partial charge on any atom is -0.459 e. The minimum atomic E-state index is -0.509. The zero-order chi connectivity index (χ0) is 19.2. The molecule has 5 nitrogen and oxygen atoms in total. The van der Waals surface area contributed by atoms with Crippen molar-refractivity contribution in [3.8, 4) is 0 Å². The highest BCUT2D eigenvalue weighted by atomic mass is 79.9. The van der Waals surface area contributed by atoms with Crippen LogP contribution in [0.4, 0.5) is 5.69 Å². The van der Waals surface area contributed by atoms with Crippen molar-refractivity contribution in [2.75, 3.05) is 5.32 Å². The van der Waals surface area contributed by atoms with Gasteiger partial charge in [-0.3, -0.25) is 9.59 Å². The van der Waals surface area contributed by atoms with E-state index in [4.69, 9.17) is 4.42 Å². The van der Waals surface area contributed by atoms with Crippen LogP contribution in [-0.2, 0) is 4.79 Å². The van der Waals surface area contributed by atoms with E-state index in [1.54, 1.807) is 30.3 Å². The third kappa shape index (κ3) is 5.42. The van der Waals surface area contributed by atoms with Gasteiger partial charge in [0.2, 0.25) is 0 Å². The average molecular weight is 490 g/mol. The molecule has 2 amide bonds. The summed E-state index contributed by atoms with van der Waals surface area (Å²) in [5, 5.41) is 5.39. The van der Waals surface area contributed by atoms with Crippen LogP contribution in [0.3, 0.4) is 0 Å². The van der Waals surface area contributed by atoms with Gasteiger partial charge in [-0.05, 0) is 54.1 Å². The average Bonchev–Trinajstić information content (AvgIpc) is 3.16. The van der Waals surface area contributed by atoms with Gasteiger partial charge in [0.25, 0.3) is 11.8 Å². The normalized spacial score (nSPS) is 11.1. The summed E-state index contributed by atoms with van der Waals surface area (Å²) in [4.78, 5) is 25.1. The number of rotatable bonds is 5. The van der Waals surface area contributed by atoms with E-state index in [0.29, 0.717) is 5.69 Å². The zero-order valence-corrected chi connectivity index (χ0v) is 17.1. The Morgan fingerprint density at radius 1 is 0.926 bits per heavy atom. The molecule has 3 rings (SSSR count). The third-order valence-electron chi connectivity index (χ3n) is 3.48. The van der Waals surface area contributed by atoms with Crippen molar-refractivity contribution in [1.29, 1.82) is 0 Å². The molecule has 2 N–H and O–H groups in total. The van der Waals surface area contributed by atoms with Gasteiger partial charge >= 0.3 is 0 Å². The van der Waals surface area contributed by atoms with E-state index in [1.165, 1.54) is 12.3 Å². The van der Waals surface area contributed by atoms with Crippen molar-refractivity contribution in [2.24, 2.45) is 0 Å². The second-order valence-corrected chi connectivity index (χ2v) is 7.34. The first-order chi connectivity index (χ1) is 13.0. The molecule has 0 atom stereocenters. The highest BCUT2D eigenvalue weighted by Gasteiger charge is 2.16. The maximum Gasteiger partial charge on any atom is 0.291 e. The maximum atomic E-state index is 12.8. The Balaban J connectivity index is 1.88. The fraction of sp³-hybridized carbons (Fsp3) is 0. The first-order valence-electron chi connectivity index (χ1n) is 7.90. The highest BCUT2D eigenvalue weighted by Crippen LogP contribution is 2.18. The van der Waals surface area contributed by atoms with E-state index < -0.39 is 11.8 Å². The van der Waals surface area contributed by atoms with Crippen molar-refractivity contribution in [3.05, 3.63) is 92.9 Å². The molecule has 2 aromatic carbocycles. The summed E-state index contributed by atoms with van der Waals surface area (Å²) >= 11 is 6.76. The number of hydrogen-bond acceptors (Lipinski definition) is 3. The molecule has 0 aliphatic rings. The van der Waals surface area contributed by atoms with Crippen LogP contribution in [0.25, 0.3) is 6.08 Å². The Labute approximate surface area is 172 Å². The van der Waals surface area contributed by atoms with Crippen LogP contribution in [0.2, 0.25) is 0 Å². The van der Waals surface area contributed by atoms with Crippen molar-refractivity contribution in [3.63, 3.8) is 0 Å². The van der Waals surface area contributed by atoms with Crippen molar-refractivity contribution < 1.29 is 14.0 Å². The lowest BCUT2D eigenvalue weighted by Gasteiger charge is -2.11. The summed E-state index contributed by atoms with van der Waals surface area (Å²) in [5.74, 6) is -0.844. The Bertz CT molecular complexity index is 998. The molecule has 0 bridgehead atoms. The molecule has 0 saturated heterocycles. The van der Waals surface area contributed by atoms with E-state index in [9.17, 15) is 9.59 Å². The standard InChI is InChI=1S/C20H14Br2N2O3/c21-14-5-1-4-13(10-14)11-17(24-20(26)18-8-3-9-27-18)19(25)23-16-7-2-6-15(22)12-16/h1-12H,(H,23,25)(H,24,26)/b17-11-. The Hall–Kier alpha value is -2.64. The smallest absolute Gasteiger partial charge is 0.291 e. The number of anilines is 1. The summed E-state index contributed by atoms with van der Waals surface area (Å²) in [5.41, 5.74) is 1.44. The fourth-order valence-corrected chi connectivity index (χ4v) is 3.09. The molecule has 0 fully saturated rings. The highest BCUT2D eigenvalue weighted by molar-refractivity contribution is 9.10. The predicted molar refractivity (Wildman–Crippen MR) is 111 cm³/mol. The lowest BCUT2D eigenvalue weighted by molar-refractivity contribution is -0.113. The largest absolute Gasteiger partial charge is 0.459 e. The predicted octanol–water partition coefficient (Wildman–Crippen LogP) is 5.21. The van der Waals surface area contributed by atoms with Gasteiger partial charge in [-0.2, -0.15) is 0 Å². The molecule has 136 valence electrons. The number of carbonyl (C=O) groups excluding carboxylic acids is 2. The van der Waals surface area contributed by atoms with Gasteiger partial charge in [-0.15, -0.1) is 0 Å². The van der Waals surface area contributed by atoms with E-state index in [2.05, 4.69) is 42.5 Å². The first kappa shape index (κ1) is 19.1. The number of halogens is 2. The number of benzene rings is 2. The lowest BCUT2D eigenvalue weighted by Crippen LogP contribution is -2.30. The number of amides is 2. The quantitative estimate of drug-likeness (QED) is 0.483. The Morgan fingerprint density at radius 3 is 2.33 bits per heavy atom. The van der Waals surface area contributed by atoms with Crippen LogP contribution in [0.5, 0.6) is 0 Å². The zero-order valence-electron chi connectivity index (χ0n) is 13.9. The fourth-order valence-electron chi connectivity index (χ4n) is 2.28. The number of furan rings is 1. The number of hydrogen-bond donors (Lipinski definition) is 2. The number of carbonyl (C=O) groups is 2. The van der Waals surface area contributed by atoms with Gasteiger partial charge in [0.1, 0.15) is 5.70 Å². The molecule has 0 radical (unpaired) electrons. The SMILES string of the molecule is O=C(Nc1cccc(Br)c1)/C(=C/c1cccc(Br)c1)NC(=O)c1ccco1. The van der Waals surface area contributed by atoms with Crippen molar-refractivity contribution in [1.82, 2.24) is 5.32 Å². The lowest BCUT2D eigenvalue weighted by atomic mass is 10.2. The van der Waals surface area contributed by atoms with E-state index in [0.717, 1.165) is 14.5 Å².